The van der Waals surface area contributed by atoms with E-state index in [9.17, 15) is 0 Å². The first kappa shape index (κ1) is 31.0. The molecule has 0 spiro atoms. The van der Waals surface area contributed by atoms with E-state index < -0.39 is 0 Å². The van der Waals surface area contributed by atoms with Gasteiger partial charge in [-0.1, -0.05) is 158 Å². The molecule has 0 aliphatic heterocycles. The Balaban J connectivity index is 1.24. The summed E-state index contributed by atoms with van der Waals surface area (Å²) in [6.45, 7) is 0. The fourth-order valence-corrected chi connectivity index (χ4v) is 9.23. The van der Waals surface area contributed by atoms with Gasteiger partial charge in [0.25, 0.3) is 0 Å². The average Bonchev–Trinajstić information content (AvgIpc) is 3.84. The highest BCUT2D eigenvalue weighted by molar-refractivity contribution is 6.25. The van der Waals surface area contributed by atoms with E-state index in [4.69, 9.17) is 8.83 Å². The summed E-state index contributed by atoms with van der Waals surface area (Å²) >= 11 is 0. The van der Waals surface area contributed by atoms with E-state index in [0.29, 0.717) is 0 Å². The van der Waals surface area contributed by atoms with Crippen LogP contribution in [0, 0.1) is 0 Å². The number of hydrogen-bond acceptors (Lipinski definition) is 2. The van der Waals surface area contributed by atoms with Crippen molar-refractivity contribution in [3.05, 3.63) is 194 Å². The van der Waals surface area contributed by atoms with Crippen molar-refractivity contribution in [2.75, 3.05) is 0 Å². The topological polar surface area (TPSA) is 26.3 Å². The lowest BCUT2D eigenvalue weighted by Crippen LogP contribution is -1.92. The van der Waals surface area contributed by atoms with E-state index in [1.165, 1.54) is 65.7 Å². The summed E-state index contributed by atoms with van der Waals surface area (Å²) in [7, 11) is 0. The van der Waals surface area contributed by atoms with E-state index in [1.54, 1.807) is 0 Å². The van der Waals surface area contributed by atoms with Crippen molar-refractivity contribution in [3.8, 4) is 44.5 Å². The van der Waals surface area contributed by atoms with E-state index in [1.807, 2.05) is 12.1 Å². The maximum Gasteiger partial charge on any atom is 0.136 e. The molecule has 2 heteroatoms. The molecule has 0 radical (unpaired) electrons. The van der Waals surface area contributed by atoms with Gasteiger partial charge in [-0.2, -0.15) is 0 Å². The van der Waals surface area contributed by atoms with Crippen molar-refractivity contribution in [1.82, 2.24) is 0 Å². The van der Waals surface area contributed by atoms with Crippen molar-refractivity contribution < 1.29 is 8.83 Å². The molecule has 0 saturated heterocycles. The fraction of sp³-hybridized carbons (Fsp3) is 0. The summed E-state index contributed by atoms with van der Waals surface area (Å²) in [4.78, 5) is 0. The minimum Gasteiger partial charge on any atom is -0.456 e. The van der Waals surface area contributed by atoms with Crippen molar-refractivity contribution in [3.63, 3.8) is 0 Å². The standard InChI is InChI=1S/C54H32O2/c1-2-13-33(14-3-1)35-30-29-34-15-8-20-40(45(34)31-35)52-41-21-9-18-36(38-23-11-27-50-53(38)43-16-4-6-25-48(43)55-50)46(41)32-47-37(19-10-22-42(47)52)39-24-12-28-51-54(39)44-17-5-7-26-49(44)56-51/h1-32H. The van der Waals surface area contributed by atoms with Crippen molar-refractivity contribution in [2.45, 2.75) is 0 Å². The first-order chi connectivity index (χ1) is 27.8. The fourth-order valence-electron chi connectivity index (χ4n) is 9.23. The molecule has 0 atom stereocenters. The summed E-state index contributed by atoms with van der Waals surface area (Å²) in [5, 5.41) is 11.8. The maximum atomic E-state index is 6.42. The van der Waals surface area contributed by atoms with Crippen LogP contribution in [-0.4, -0.2) is 0 Å². The van der Waals surface area contributed by atoms with Crippen molar-refractivity contribution >= 4 is 76.2 Å². The molecule has 0 unspecified atom stereocenters. The molecule has 12 aromatic rings. The highest BCUT2D eigenvalue weighted by atomic mass is 16.3. The van der Waals surface area contributed by atoms with Gasteiger partial charge in [0, 0.05) is 21.5 Å². The van der Waals surface area contributed by atoms with Crippen LogP contribution in [0.5, 0.6) is 0 Å². The van der Waals surface area contributed by atoms with E-state index >= 15 is 0 Å². The quantitative estimate of drug-likeness (QED) is 0.170. The monoisotopic (exact) mass is 712 g/mol. The number of para-hydroxylation sites is 2. The molecular formula is C54H32O2. The van der Waals surface area contributed by atoms with Crippen LogP contribution in [-0.2, 0) is 0 Å². The third-order valence-electron chi connectivity index (χ3n) is 11.7. The number of rotatable bonds is 4. The molecule has 0 fully saturated rings. The van der Waals surface area contributed by atoms with Gasteiger partial charge >= 0.3 is 0 Å². The first-order valence-corrected chi connectivity index (χ1v) is 19.2. The Morgan fingerprint density at radius 2 is 0.732 bits per heavy atom. The van der Waals surface area contributed by atoms with Crippen molar-refractivity contribution in [1.29, 1.82) is 0 Å². The lowest BCUT2D eigenvalue weighted by atomic mass is 9.84. The molecule has 56 heavy (non-hydrogen) atoms. The highest BCUT2D eigenvalue weighted by Crippen LogP contribution is 2.48. The Hall–Kier alpha value is -7.42. The van der Waals surface area contributed by atoms with Crippen LogP contribution in [0.1, 0.15) is 0 Å². The lowest BCUT2D eigenvalue weighted by molar-refractivity contribution is 0.668. The Labute approximate surface area is 322 Å². The molecule has 2 nitrogen and oxygen atoms in total. The largest absolute Gasteiger partial charge is 0.456 e. The maximum absolute atomic E-state index is 6.42. The van der Waals surface area contributed by atoms with E-state index in [0.717, 1.165) is 55.0 Å². The molecule has 0 saturated carbocycles. The predicted octanol–water partition coefficient (Wildman–Crippen LogP) is 15.6. The van der Waals surface area contributed by atoms with Gasteiger partial charge in [0.15, 0.2) is 0 Å². The van der Waals surface area contributed by atoms with Gasteiger partial charge in [0.05, 0.1) is 0 Å². The van der Waals surface area contributed by atoms with E-state index in [-0.39, 0.29) is 0 Å². The lowest BCUT2D eigenvalue weighted by Gasteiger charge is -2.19. The normalized spacial score (nSPS) is 11.9. The zero-order valence-electron chi connectivity index (χ0n) is 30.3. The Bertz CT molecular complexity index is 3360. The number of hydrogen-bond donors (Lipinski definition) is 0. The van der Waals surface area contributed by atoms with Crippen LogP contribution in [0.25, 0.3) is 121 Å². The molecule has 0 aliphatic rings. The summed E-state index contributed by atoms with van der Waals surface area (Å²) in [6.07, 6.45) is 0. The molecule has 0 bridgehead atoms. The minimum absolute atomic E-state index is 0.892. The van der Waals surface area contributed by atoms with Gasteiger partial charge in [-0.15, -0.1) is 0 Å². The van der Waals surface area contributed by atoms with Crippen LogP contribution < -0.4 is 0 Å². The second kappa shape index (κ2) is 12.0. The van der Waals surface area contributed by atoms with Gasteiger partial charge in [0.2, 0.25) is 0 Å². The van der Waals surface area contributed by atoms with Crippen LogP contribution in [0.4, 0.5) is 0 Å². The molecular weight excluding hydrogens is 681 g/mol. The molecule has 260 valence electrons. The summed E-state index contributed by atoms with van der Waals surface area (Å²) < 4.78 is 12.8. The zero-order valence-corrected chi connectivity index (χ0v) is 30.3. The smallest absolute Gasteiger partial charge is 0.136 e. The molecule has 0 aliphatic carbocycles. The predicted molar refractivity (Wildman–Crippen MR) is 235 cm³/mol. The van der Waals surface area contributed by atoms with Gasteiger partial charge in [-0.3, -0.25) is 0 Å². The van der Waals surface area contributed by atoms with Gasteiger partial charge in [-0.05, 0) is 113 Å². The SMILES string of the molecule is c1ccc(-c2ccc3cccc(-c4c5cccc(-c6cccc7oc8ccccc8c67)c5cc5c(-c6cccc7oc8ccccc8c67)cccc45)c3c2)cc1. The minimum atomic E-state index is 0.892. The molecule has 0 N–H and O–H groups in total. The second-order valence-corrected chi connectivity index (χ2v) is 14.7. The second-order valence-electron chi connectivity index (χ2n) is 14.7. The van der Waals surface area contributed by atoms with E-state index in [2.05, 4.69) is 182 Å². The Morgan fingerprint density at radius 3 is 1.36 bits per heavy atom. The summed E-state index contributed by atoms with van der Waals surface area (Å²) in [5.41, 5.74) is 13.1. The van der Waals surface area contributed by atoms with Gasteiger partial charge < -0.3 is 8.83 Å². The highest BCUT2D eigenvalue weighted by Gasteiger charge is 2.21. The number of benzene rings is 10. The van der Waals surface area contributed by atoms with Gasteiger partial charge in [0.1, 0.15) is 22.3 Å². The Morgan fingerprint density at radius 1 is 0.250 bits per heavy atom. The third kappa shape index (κ3) is 4.57. The molecule has 0 amide bonds. The third-order valence-corrected chi connectivity index (χ3v) is 11.7. The molecule has 12 rings (SSSR count). The molecule has 2 aromatic heterocycles. The number of furan rings is 2. The molecule has 10 aromatic carbocycles. The average molecular weight is 713 g/mol. The first-order valence-electron chi connectivity index (χ1n) is 19.2. The summed E-state index contributed by atoms with van der Waals surface area (Å²) in [6, 6.07) is 70.0. The summed E-state index contributed by atoms with van der Waals surface area (Å²) in [5.74, 6) is 0. The van der Waals surface area contributed by atoms with Gasteiger partial charge in [-0.25, -0.2) is 0 Å². The van der Waals surface area contributed by atoms with Crippen LogP contribution >= 0.6 is 0 Å². The molecule has 2 heterocycles. The Kier molecular flexibility index (Phi) is 6.66. The zero-order chi connectivity index (χ0) is 36.7. The van der Waals surface area contributed by atoms with Crippen LogP contribution in [0.3, 0.4) is 0 Å². The van der Waals surface area contributed by atoms with Crippen LogP contribution in [0.15, 0.2) is 203 Å². The van der Waals surface area contributed by atoms with Crippen molar-refractivity contribution in [2.24, 2.45) is 0 Å². The van der Waals surface area contributed by atoms with Crippen LogP contribution in [0.2, 0.25) is 0 Å². The number of fused-ring (bicyclic) bond motifs is 9.